The van der Waals surface area contributed by atoms with Crippen molar-refractivity contribution in [2.75, 3.05) is 18.0 Å². The van der Waals surface area contributed by atoms with Gasteiger partial charge in [-0.05, 0) is 30.7 Å². The maximum atomic E-state index is 11.6. The summed E-state index contributed by atoms with van der Waals surface area (Å²) in [6, 6.07) is 5.74. The van der Waals surface area contributed by atoms with Crippen molar-refractivity contribution in [1.82, 2.24) is 5.32 Å². The van der Waals surface area contributed by atoms with Gasteiger partial charge in [-0.15, -0.1) is 0 Å². The highest BCUT2D eigenvalue weighted by Crippen LogP contribution is 2.22. The number of aryl methyl sites for hydroxylation is 1. The van der Waals surface area contributed by atoms with E-state index in [1.807, 2.05) is 25.1 Å². The van der Waals surface area contributed by atoms with Gasteiger partial charge < -0.3 is 10.2 Å². The van der Waals surface area contributed by atoms with Crippen molar-refractivity contribution in [3.05, 3.63) is 28.2 Å². The summed E-state index contributed by atoms with van der Waals surface area (Å²) in [5, 5.41) is 2.68. The van der Waals surface area contributed by atoms with Gasteiger partial charge in [-0.2, -0.15) is 0 Å². The number of benzene rings is 1. The van der Waals surface area contributed by atoms with E-state index >= 15 is 0 Å². The highest BCUT2D eigenvalue weighted by atomic mass is 79.9. The van der Waals surface area contributed by atoms with E-state index in [1.165, 1.54) is 13.8 Å². The fourth-order valence-electron chi connectivity index (χ4n) is 1.61. The molecule has 0 radical (unpaired) electrons. The van der Waals surface area contributed by atoms with Crippen LogP contribution in [0.2, 0.25) is 0 Å². The molecule has 1 rings (SSSR count). The normalized spacial score (nSPS) is 10.0. The number of halogens is 1. The van der Waals surface area contributed by atoms with Crippen LogP contribution in [0.15, 0.2) is 22.7 Å². The van der Waals surface area contributed by atoms with E-state index in [-0.39, 0.29) is 11.8 Å². The monoisotopic (exact) mass is 312 g/mol. The quantitative estimate of drug-likeness (QED) is 0.927. The molecule has 0 aromatic heterocycles. The zero-order valence-electron chi connectivity index (χ0n) is 10.8. The molecule has 98 valence electrons. The Morgan fingerprint density at radius 2 is 2.00 bits per heavy atom. The van der Waals surface area contributed by atoms with Crippen LogP contribution in [-0.4, -0.2) is 24.9 Å². The van der Waals surface area contributed by atoms with Gasteiger partial charge in [-0.3, -0.25) is 9.59 Å². The van der Waals surface area contributed by atoms with E-state index in [0.717, 1.165) is 15.7 Å². The number of amides is 2. The predicted molar refractivity (Wildman–Crippen MR) is 75.6 cm³/mol. The summed E-state index contributed by atoms with van der Waals surface area (Å²) in [6.45, 7) is 5.87. The number of hydrogen-bond acceptors (Lipinski definition) is 2. The van der Waals surface area contributed by atoms with E-state index in [4.69, 9.17) is 0 Å². The van der Waals surface area contributed by atoms with Gasteiger partial charge in [-0.1, -0.05) is 15.9 Å². The highest BCUT2D eigenvalue weighted by Gasteiger charge is 2.11. The lowest BCUT2D eigenvalue weighted by Gasteiger charge is -2.22. The summed E-state index contributed by atoms with van der Waals surface area (Å²) >= 11 is 3.43. The third-order valence-electron chi connectivity index (χ3n) is 2.54. The van der Waals surface area contributed by atoms with Gasteiger partial charge in [0, 0.05) is 37.1 Å². The van der Waals surface area contributed by atoms with E-state index in [0.29, 0.717) is 13.1 Å². The fraction of sp³-hybridized carbons (Fsp3) is 0.385. The minimum absolute atomic E-state index is 0.0397. The van der Waals surface area contributed by atoms with Crippen molar-refractivity contribution in [2.45, 2.75) is 20.8 Å². The van der Waals surface area contributed by atoms with Gasteiger partial charge in [0.2, 0.25) is 11.8 Å². The number of nitrogens with zero attached hydrogens (tertiary/aromatic N) is 1. The first kappa shape index (κ1) is 14.7. The zero-order chi connectivity index (χ0) is 13.7. The average Bonchev–Trinajstić information content (AvgIpc) is 2.27. The molecule has 4 nitrogen and oxygen atoms in total. The van der Waals surface area contributed by atoms with Gasteiger partial charge >= 0.3 is 0 Å². The Morgan fingerprint density at radius 1 is 1.33 bits per heavy atom. The number of hydrogen-bond donors (Lipinski definition) is 1. The van der Waals surface area contributed by atoms with Crippen molar-refractivity contribution >= 4 is 33.4 Å². The van der Waals surface area contributed by atoms with Crippen LogP contribution in [0.1, 0.15) is 19.4 Å². The summed E-state index contributed by atoms with van der Waals surface area (Å²) in [7, 11) is 0. The molecule has 0 spiro atoms. The second-order valence-corrected chi connectivity index (χ2v) is 4.94. The first-order chi connectivity index (χ1) is 8.41. The molecule has 0 aliphatic carbocycles. The van der Waals surface area contributed by atoms with Crippen molar-refractivity contribution in [1.29, 1.82) is 0 Å². The molecule has 0 bridgehead atoms. The Hall–Kier alpha value is -1.36. The lowest BCUT2D eigenvalue weighted by atomic mass is 10.2. The van der Waals surface area contributed by atoms with Crippen molar-refractivity contribution in [2.24, 2.45) is 0 Å². The Balaban J connectivity index is 2.80. The maximum Gasteiger partial charge on any atom is 0.223 e. The molecule has 0 fully saturated rings. The largest absolute Gasteiger partial charge is 0.355 e. The van der Waals surface area contributed by atoms with Gasteiger partial charge in [0.25, 0.3) is 0 Å². The van der Waals surface area contributed by atoms with Gasteiger partial charge in [0.15, 0.2) is 0 Å². The predicted octanol–water partition coefficient (Wildman–Crippen LogP) is 2.25. The molecular formula is C13H17BrN2O2. The van der Waals surface area contributed by atoms with E-state index in [1.54, 1.807) is 4.90 Å². The smallest absolute Gasteiger partial charge is 0.223 e. The lowest BCUT2D eigenvalue weighted by molar-refractivity contribution is -0.119. The Labute approximate surface area is 115 Å². The Bertz CT molecular complexity index is 460. The third-order valence-corrected chi connectivity index (χ3v) is 3.43. The number of carbonyl (C=O) groups is 2. The minimum Gasteiger partial charge on any atom is -0.355 e. The number of nitrogens with one attached hydrogen (secondary N) is 1. The molecular weight excluding hydrogens is 296 g/mol. The second kappa shape index (κ2) is 6.54. The summed E-state index contributed by atoms with van der Waals surface area (Å²) in [6.07, 6.45) is 0. The number of rotatable bonds is 4. The van der Waals surface area contributed by atoms with Crippen LogP contribution in [0.25, 0.3) is 0 Å². The molecule has 0 saturated carbocycles. The van der Waals surface area contributed by atoms with Crippen LogP contribution < -0.4 is 10.2 Å². The van der Waals surface area contributed by atoms with E-state index in [2.05, 4.69) is 21.2 Å². The SMILES string of the molecule is CC(=O)NCCN(C(C)=O)c1ccc(Br)c(C)c1. The second-order valence-electron chi connectivity index (χ2n) is 4.09. The highest BCUT2D eigenvalue weighted by molar-refractivity contribution is 9.10. The topological polar surface area (TPSA) is 49.4 Å². The lowest BCUT2D eigenvalue weighted by Crippen LogP contribution is -2.36. The van der Waals surface area contributed by atoms with Gasteiger partial charge in [-0.25, -0.2) is 0 Å². The van der Waals surface area contributed by atoms with Crippen LogP contribution in [0.4, 0.5) is 5.69 Å². The van der Waals surface area contributed by atoms with Crippen LogP contribution in [0.5, 0.6) is 0 Å². The van der Waals surface area contributed by atoms with Crippen LogP contribution in [0, 0.1) is 6.92 Å². The first-order valence-electron chi connectivity index (χ1n) is 5.70. The summed E-state index contributed by atoms with van der Waals surface area (Å²) in [5.74, 6) is -0.132. The number of anilines is 1. The summed E-state index contributed by atoms with van der Waals surface area (Å²) in [4.78, 5) is 24.1. The molecule has 2 amide bonds. The molecule has 5 heteroatoms. The molecule has 18 heavy (non-hydrogen) atoms. The summed E-state index contributed by atoms with van der Waals surface area (Å²) in [5.41, 5.74) is 1.91. The summed E-state index contributed by atoms with van der Waals surface area (Å²) < 4.78 is 1.01. The van der Waals surface area contributed by atoms with Crippen LogP contribution in [0.3, 0.4) is 0 Å². The first-order valence-corrected chi connectivity index (χ1v) is 6.50. The van der Waals surface area contributed by atoms with Crippen molar-refractivity contribution < 1.29 is 9.59 Å². The molecule has 1 aromatic carbocycles. The number of carbonyl (C=O) groups excluding carboxylic acids is 2. The zero-order valence-corrected chi connectivity index (χ0v) is 12.4. The Kier molecular flexibility index (Phi) is 5.34. The molecule has 1 aromatic rings. The molecule has 0 saturated heterocycles. The molecule has 0 heterocycles. The van der Waals surface area contributed by atoms with Crippen molar-refractivity contribution in [3.63, 3.8) is 0 Å². The van der Waals surface area contributed by atoms with Crippen molar-refractivity contribution in [3.8, 4) is 0 Å². The van der Waals surface area contributed by atoms with Gasteiger partial charge in [0.1, 0.15) is 0 Å². The minimum atomic E-state index is -0.0921. The molecule has 0 atom stereocenters. The van der Waals surface area contributed by atoms with E-state index in [9.17, 15) is 9.59 Å². The standard InChI is InChI=1S/C13H17BrN2O2/c1-9-8-12(4-5-13(9)14)16(11(3)18)7-6-15-10(2)17/h4-5,8H,6-7H2,1-3H3,(H,15,17). The third kappa shape index (κ3) is 4.14. The Morgan fingerprint density at radius 3 is 2.50 bits per heavy atom. The molecule has 1 N–H and O–H groups in total. The van der Waals surface area contributed by atoms with Crippen LogP contribution in [-0.2, 0) is 9.59 Å². The average molecular weight is 313 g/mol. The maximum absolute atomic E-state index is 11.6. The van der Waals surface area contributed by atoms with Gasteiger partial charge in [0.05, 0.1) is 0 Å². The molecule has 0 unspecified atom stereocenters. The van der Waals surface area contributed by atoms with E-state index < -0.39 is 0 Å². The van der Waals surface area contributed by atoms with Crippen LogP contribution >= 0.6 is 15.9 Å². The fourth-order valence-corrected chi connectivity index (χ4v) is 1.86. The molecule has 0 aliphatic rings. The molecule has 0 aliphatic heterocycles.